The van der Waals surface area contributed by atoms with Gasteiger partial charge in [-0.05, 0) is 43.5 Å². The van der Waals surface area contributed by atoms with Crippen molar-refractivity contribution in [1.82, 2.24) is 10.2 Å². The Labute approximate surface area is 162 Å². The van der Waals surface area contributed by atoms with E-state index in [1.807, 2.05) is 38.1 Å². The van der Waals surface area contributed by atoms with Crippen LogP contribution in [0.15, 0.2) is 48.5 Å². The van der Waals surface area contributed by atoms with Gasteiger partial charge in [0.2, 0.25) is 5.91 Å². The van der Waals surface area contributed by atoms with Gasteiger partial charge in [-0.3, -0.25) is 9.59 Å². The van der Waals surface area contributed by atoms with Gasteiger partial charge in [0.05, 0.1) is 0 Å². The first-order valence-corrected chi connectivity index (χ1v) is 9.88. The molecular weight excluding hydrogens is 363 g/mol. The van der Waals surface area contributed by atoms with Crippen LogP contribution in [0.1, 0.15) is 40.7 Å². The monoisotopic (exact) mass is 384 g/mol. The molecule has 0 aliphatic carbocycles. The van der Waals surface area contributed by atoms with Crippen LogP contribution in [0.3, 0.4) is 0 Å². The molecule has 6 heteroatoms. The molecule has 0 saturated carbocycles. The largest absolute Gasteiger partial charge is 0.354 e. The van der Waals surface area contributed by atoms with E-state index < -0.39 is 10.8 Å². The van der Waals surface area contributed by atoms with Crippen molar-refractivity contribution in [2.45, 2.75) is 36.4 Å². The maximum absolute atomic E-state index is 13.7. The Balaban J connectivity index is 1.50. The highest BCUT2D eigenvalue weighted by molar-refractivity contribution is 8.01. The third kappa shape index (κ3) is 3.02. The predicted octanol–water partition coefficient (Wildman–Crippen LogP) is 3.53. The zero-order valence-corrected chi connectivity index (χ0v) is 16.1. The lowest BCUT2D eigenvalue weighted by Crippen LogP contribution is -2.52. The van der Waals surface area contributed by atoms with Crippen molar-refractivity contribution in [1.29, 1.82) is 0 Å². The minimum absolute atomic E-state index is 0.0945. The Hall–Kier alpha value is -2.34. The molecule has 2 aliphatic rings. The first-order valence-electron chi connectivity index (χ1n) is 9.00. The number of thioether (sulfide) groups is 1. The maximum atomic E-state index is 13.7. The number of hydrogen-bond acceptors (Lipinski definition) is 3. The molecular formula is C21H21FN2O2S. The molecule has 1 fully saturated rings. The summed E-state index contributed by atoms with van der Waals surface area (Å²) in [7, 11) is 0. The number of nitrogens with one attached hydrogen (secondary N) is 1. The molecule has 2 unspecified atom stereocenters. The predicted molar refractivity (Wildman–Crippen MR) is 104 cm³/mol. The third-order valence-electron chi connectivity index (χ3n) is 5.20. The maximum Gasteiger partial charge on any atom is 0.256 e. The van der Waals surface area contributed by atoms with E-state index in [9.17, 15) is 14.0 Å². The lowest BCUT2D eigenvalue weighted by molar-refractivity contribution is -0.126. The normalized spacial score (nSPS) is 22.5. The summed E-state index contributed by atoms with van der Waals surface area (Å²) in [4.78, 5) is 27.6. The van der Waals surface area contributed by atoms with Crippen LogP contribution in [-0.2, 0) is 11.2 Å². The molecule has 1 N–H and O–H groups in total. The molecule has 4 rings (SSSR count). The molecule has 2 atom stereocenters. The zero-order valence-electron chi connectivity index (χ0n) is 15.2. The smallest absolute Gasteiger partial charge is 0.256 e. The number of benzene rings is 2. The van der Waals surface area contributed by atoms with Crippen molar-refractivity contribution < 1.29 is 14.0 Å². The van der Waals surface area contributed by atoms with E-state index >= 15 is 0 Å². The van der Waals surface area contributed by atoms with Crippen molar-refractivity contribution in [2.24, 2.45) is 0 Å². The van der Waals surface area contributed by atoms with E-state index in [4.69, 9.17) is 0 Å². The summed E-state index contributed by atoms with van der Waals surface area (Å²) in [6, 6.07) is 13.5. The number of rotatable bonds is 4. The Morgan fingerprint density at radius 3 is 2.67 bits per heavy atom. The third-order valence-corrected chi connectivity index (χ3v) is 6.73. The minimum atomic E-state index is -0.562. The molecule has 0 radical (unpaired) electrons. The Kier molecular flexibility index (Phi) is 4.46. The Morgan fingerprint density at radius 2 is 1.89 bits per heavy atom. The van der Waals surface area contributed by atoms with E-state index in [0.29, 0.717) is 24.1 Å². The Morgan fingerprint density at radius 1 is 1.19 bits per heavy atom. The summed E-state index contributed by atoms with van der Waals surface area (Å²) >= 11 is 1.64. The molecule has 0 spiro atoms. The van der Waals surface area contributed by atoms with Gasteiger partial charge in [-0.1, -0.05) is 36.4 Å². The van der Waals surface area contributed by atoms with Gasteiger partial charge in [-0.25, -0.2) is 4.39 Å². The highest BCUT2D eigenvalue weighted by Crippen LogP contribution is 2.56. The SMILES string of the molecule is CC1(C)SC2c3ccccc3C(=O)N2C1C(=O)NCCc1ccccc1F. The number of amides is 2. The summed E-state index contributed by atoms with van der Waals surface area (Å²) < 4.78 is 13.3. The lowest BCUT2D eigenvalue weighted by atomic mass is 10.0. The standard InChI is InChI=1S/C21H21FN2O2S/c1-21(2)17(18(25)23-12-11-13-7-3-6-10-16(13)22)24-19(26)14-8-4-5-9-15(14)20(24)27-21/h3-10,17,20H,11-12H2,1-2H3,(H,23,25). The van der Waals surface area contributed by atoms with E-state index in [2.05, 4.69) is 5.32 Å². The summed E-state index contributed by atoms with van der Waals surface area (Å²) in [5.41, 5.74) is 2.22. The first-order chi connectivity index (χ1) is 12.9. The van der Waals surface area contributed by atoms with Crippen LogP contribution < -0.4 is 5.32 Å². The quantitative estimate of drug-likeness (QED) is 0.877. The topological polar surface area (TPSA) is 49.4 Å². The van der Waals surface area contributed by atoms with E-state index in [-0.39, 0.29) is 23.0 Å². The van der Waals surface area contributed by atoms with E-state index in [1.165, 1.54) is 6.07 Å². The fourth-order valence-electron chi connectivity index (χ4n) is 3.92. The van der Waals surface area contributed by atoms with E-state index in [0.717, 1.165) is 5.56 Å². The molecule has 4 nitrogen and oxygen atoms in total. The molecule has 140 valence electrons. The van der Waals surface area contributed by atoms with Crippen molar-refractivity contribution in [3.05, 3.63) is 71.0 Å². The number of halogens is 1. The minimum Gasteiger partial charge on any atom is -0.354 e. The molecule has 2 aliphatic heterocycles. The summed E-state index contributed by atoms with van der Waals surface area (Å²) in [6.07, 6.45) is 0.413. The van der Waals surface area contributed by atoms with Gasteiger partial charge in [-0.2, -0.15) is 0 Å². The van der Waals surface area contributed by atoms with Crippen molar-refractivity contribution in [2.75, 3.05) is 6.54 Å². The fraction of sp³-hybridized carbons (Fsp3) is 0.333. The highest BCUT2D eigenvalue weighted by atomic mass is 32.2. The van der Waals surface area contributed by atoms with Crippen LogP contribution in [0.4, 0.5) is 4.39 Å². The van der Waals surface area contributed by atoms with Crippen LogP contribution in [0.5, 0.6) is 0 Å². The molecule has 0 aromatic heterocycles. The summed E-state index contributed by atoms with van der Waals surface area (Å²) in [5, 5.41) is 2.77. The average Bonchev–Trinajstić information content (AvgIpc) is 3.07. The first kappa shape index (κ1) is 18.0. The van der Waals surface area contributed by atoms with Gasteiger partial charge in [0.15, 0.2) is 0 Å². The number of hydrogen-bond donors (Lipinski definition) is 1. The molecule has 0 bridgehead atoms. The van der Waals surface area contributed by atoms with Crippen LogP contribution in [-0.4, -0.2) is 34.0 Å². The van der Waals surface area contributed by atoms with Gasteiger partial charge in [0.1, 0.15) is 17.2 Å². The van der Waals surface area contributed by atoms with Crippen LogP contribution in [0.2, 0.25) is 0 Å². The average molecular weight is 384 g/mol. The second-order valence-corrected chi connectivity index (χ2v) is 9.14. The number of carbonyl (C=O) groups excluding carboxylic acids is 2. The number of carbonyl (C=O) groups is 2. The fourth-order valence-corrected chi connectivity index (χ4v) is 5.51. The van der Waals surface area contributed by atoms with Gasteiger partial charge >= 0.3 is 0 Å². The van der Waals surface area contributed by atoms with Crippen molar-refractivity contribution in [3.8, 4) is 0 Å². The molecule has 1 saturated heterocycles. The number of nitrogens with zero attached hydrogens (tertiary/aromatic N) is 1. The molecule has 2 amide bonds. The van der Waals surface area contributed by atoms with Gasteiger partial charge in [0, 0.05) is 16.9 Å². The van der Waals surface area contributed by atoms with E-state index in [1.54, 1.807) is 34.9 Å². The highest BCUT2D eigenvalue weighted by Gasteiger charge is 2.57. The zero-order chi connectivity index (χ0) is 19.2. The second kappa shape index (κ2) is 6.68. The van der Waals surface area contributed by atoms with Crippen LogP contribution >= 0.6 is 11.8 Å². The van der Waals surface area contributed by atoms with Crippen molar-refractivity contribution >= 4 is 23.6 Å². The summed E-state index contributed by atoms with van der Waals surface area (Å²) in [5.74, 6) is -0.552. The molecule has 2 heterocycles. The molecule has 27 heavy (non-hydrogen) atoms. The van der Waals surface area contributed by atoms with Gasteiger partial charge < -0.3 is 10.2 Å². The van der Waals surface area contributed by atoms with Crippen molar-refractivity contribution in [3.63, 3.8) is 0 Å². The summed E-state index contributed by atoms with van der Waals surface area (Å²) in [6.45, 7) is 4.32. The van der Waals surface area contributed by atoms with Crippen LogP contribution in [0, 0.1) is 5.82 Å². The molecule has 2 aromatic carbocycles. The van der Waals surface area contributed by atoms with Gasteiger partial charge in [-0.15, -0.1) is 11.8 Å². The lowest BCUT2D eigenvalue weighted by Gasteiger charge is -2.29. The van der Waals surface area contributed by atoms with Crippen LogP contribution in [0.25, 0.3) is 0 Å². The number of fused-ring (bicyclic) bond motifs is 3. The van der Waals surface area contributed by atoms with Gasteiger partial charge in [0.25, 0.3) is 5.91 Å². The molecule has 2 aromatic rings. The second-order valence-electron chi connectivity index (χ2n) is 7.41. The Bertz CT molecular complexity index is 915.